The van der Waals surface area contributed by atoms with Gasteiger partial charge in [0.05, 0.1) is 7.11 Å². The Morgan fingerprint density at radius 1 is 1.50 bits per heavy atom. The Kier molecular flexibility index (Phi) is 4.99. The maximum atomic E-state index is 11.9. The van der Waals surface area contributed by atoms with E-state index in [4.69, 9.17) is 10.5 Å². The molecule has 0 spiro atoms. The van der Waals surface area contributed by atoms with Crippen molar-refractivity contribution in [1.82, 2.24) is 0 Å². The minimum Gasteiger partial charge on any atom is -0.497 e. The number of carbonyl (C=O) groups excluding carboxylic acids is 1. The average Bonchev–Trinajstić information content (AvgIpc) is 2.35. The van der Waals surface area contributed by atoms with Crippen LogP contribution >= 0.6 is 0 Å². The maximum Gasteiger partial charge on any atom is 0.163 e. The molecule has 0 aromatic heterocycles. The molecule has 0 aliphatic rings. The summed E-state index contributed by atoms with van der Waals surface area (Å²) < 4.78 is 5.09. The third kappa shape index (κ3) is 3.35. The van der Waals surface area contributed by atoms with Crippen molar-refractivity contribution in [3.05, 3.63) is 29.8 Å². The Morgan fingerprint density at radius 2 is 2.25 bits per heavy atom. The van der Waals surface area contributed by atoms with Crippen molar-refractivity contribution >= 4 is 5.78 Å². The van der Waals surface area contributed by atoms with E-state index < -0.39 is 0 Å². The van der Waals surface area contributed by atoms with Gasteiger partial charge in [-0.3, -0.25) is 4.79 Å². The zero-order valence-electron chi connectivity index (χ0n) is 9.90. The molecule has 1 atom stereocenters. The maximum absolute atomic E-state index is 11.9. The first-order valence-corrected chi connectivity index (χ1v) is 5.58. The number of methoxy groups -OCH3 is 1. The second-order valence-corrected chi connectivity index (χ2v) is 3.87. The minimum absolute atomic E-state index is 0.135. The summed E-state index contributed by atoms with van der Waals surface area (Å²) in [4.78, 5) is 11.9. The summed E-state index contributed by atoms with van der Waals surface area (Å²) in [7, 11) is 1.60. The zero-order chi connectivity index (χ0) is 12.0. The number of hydrogen-bond acceptors (Lipinski definition) is 3. The van der Waals surface area contributed by atoms with Gasteiger partial charge < -0.3 is 10.5 Å². The lowest BCUT2D eigenvalue weighted by atomic mass is 9.96. The molecule has 88 valence electrons. The average molecular weight is 221 g/mol. The topological polar surface area (TPSA) is 52.3 Å². The highest BCUT2D eigenvalue weighted by atomic mass is 16.5. The monoisotopic (exact) mass is 221 g/mol. The fourth-order valence-electron chi connectivity index (χ4n) is 1.57. The van der Waals surface area contributed by atoms with Crippen LogP contribution in [-0.2, 0) is 0 Å². The van der Waals surface area contributed by atoms with Gasteiger partial charge in [-0.05, 0) is 24.6 Å². The summed E-state index contributed by atoms with van der Waals surface area (Å²) in [6.45, 7) is 2.61. The highest BCUT2D eigenvalue weighted by molar-refractivity contribution is 5.96. The van der Waals surface area contributed by atoms with Crippen LogP contribution < -0.4 is 10.5 Å². The summed E-state index contributed by atoms with van der Waals surface area (Å²) in [6.07, 6.45) is 1.45. The van der Waals surface area contributed by atoms with Crippen LogP contribution in [0.1, 0.15) is 30.1 Å². The molecule has 2 N–H and O–H groups in total. The van der Waals surface area contributed by atoms with Gasteiger partial charge >= 0.3 is 0 Å². The first-order chi connectivity index (χ1) is 7.71. The molecule has 0 amide bonds. The summed E-state index contributed by atoms with van der Waals surface area (Å²) in [5.74, 6) is 1.13. The van der Waals surface area contributed by atoms with E-state index in [0.717, 1.165) is 6.42 Å². The van der Waals surface area contributed by atoms with Crippen molar-refractivity contribution < 1.29 is 9.53 Å². The second kappa shape index (κ2) is 6.28. The van der Waals surface area contributed by atoms with Crippen LogP contribution in [0.3, 0.4) is 0 Å². The van der Waals surface area contributed by atoms with E-state index in [1.54, 1.807) is 13.2 Å². The van der Waals surface area contributed by atoms with Crippen LogP contribution in [0.25, 0.3) is 0 Å². The van der Waals surface area contributed by atoms with Gasteiger partial charge in [0.2, 0.25) is 0 Å². The zero-order valence-corrected chi connectivity index (χ0v) is 9.90. The van der Waals surface area contributed by atoms with E-state index in [-0.39, 0.29) is 11.7 Å². The third-order valence-corrected chi connectivity index (χ3v) is 2.78. The number of ether oxygens (including phenoxy) is 1. The molecule has 1 rings (SSSR count). The van der Waals surface area contributed by atoms with Gasteiger partial charge in [0.1, 0.15) is 5.75 Å². The van der Waals surface area contributed by atoms with E-state index in [0.29, 0.717) is 24.3 Å². The van der Waals surface area contributed by atoms with Gasteiger partial charge in [0, 0.05) is 12.0 Å². The Balaban J connectivity index is 2.72. The first-order valence-electron chi connectivity index (χ1n) is 5.58. The molecule has 0 saturated heterocycles. The lowest BCUT2D eigenvalue weighted by Crippen LogP contribution is -2.17. The number of nitrogens with two attached hydrogens (primary N) is 1. The quantitative estimate of drug-likeness (QED) is 0.750. The van der Waals surface area contributed by atoms with E-state index in [1.807, 2.05) is 18.2 Å². The number of carbonyl (C=O) groups is 1. The smallest absolute Gasteiger partial charge is 0.163 e. The van der Waals surface area contributed by atoms with Crippen molar-refractivity contribution in [3.63, 3.8) is 0 Å². The molecular formula is C13H19NO2. The standard InChI is InChI=1S/C13H19NO2/c1-3-10(9-14)7-13(15)11-5-4-6-12(8-11)16-2/h4-6,8,10H,3,7,9,14H2,1-2H3. The molecule has 0 fully saturated rings. The Bertz CT molecular complexity index is 346. The lowest BCUT2D eigenvalue weighted by molar-refractivity contribution is 0.0961. The number of ketones is 1. The van der Waals surface area contributed by atoms with Crippen LogP contribution in [0, 0.1) is 5.92 Å². The summed E-state index contributed by atoms with van der Waals surface area (Å²) in [6, 6.07) is 7.24. The van der Waals surface area contributed by atoms with Crippen molar-refractivity contribution in [3.8, 4) is 5.75 Å². The highest BCUT2D eigenvalue weighted by Crippen LogP contribution is 2.17. The van der Waals surface area contributed by atoms with Crippen molar-refractivity contribution in [1.29, 1.82) is 0 Å². The van der Waals surface area contributed by atoms with E-state index in [9.17, 15) is 4.79 Å². The van der Waals surface area contributed by atoms with Crippen molar-refractivity contribution in [2.75, 3.05) is 13.7 Å². The molecule has 0 saturated carbocycles. The third-order valence-electron chi connectivity index (χ3n) is 2.78. The summed E-state index contributed by atoms with van der Waals surface area (Å²) >= 11 is 0. The Labute approximate surface area is 96.6 Å². The fraction of sp³-hybridized carbons (Fsp3) is 0.462. The second-order valence-electron chi connectivity index (χ2n) is 3.87. The molecule has 0 aliphatic heterocycles. The fourth-order valence-corrected chi connectivity index (χ4v) is 1.57. The van der Waals surface area contributed by atoms with E-state index >= 15 is 0 Å². The van der Waals surface area contributed by atoms with Crippen molar-refractivity contribution in [2.45, 2.75) is 19.8 Å². The summed E-state index contributed by atoms with van der Waals surface area (Å²) in [5, 5.41) is 0. The molecular weight excluding hydrogens is 202 g/mol. The molecule has 0 radical (unpaired) electrons. The largest absolute Gasteiger partial charge is 0.497 e. The van der Waals surface area contributed by atoms with Crippen LogP contribution in [0.4, 0.5) is 0 Å². The lowest BCUT2D eigenvalue weighted by Gasteiger charge is -2.11. The van der Waals surface area contributed by atoms with Gasteiger partial charge in [0.15, 0.2) is 5.78 Å². The number of benzene rings is 1. The Hall–Kier alpha value is -1.35. The predicted octanol–water partition coefficient (Wildman–Crippen LogP) is 2.25. The van der Waals surface area contributed by atoms with Crippen LogP contribution in [0.5, 0.6) is 5.75 Å². The van der Waals surface area contributed by atoms with Gasteiger partial charge in [-0.2, -0.15) is 0 Å². The Morgan fingerprint density at radius 3 is 2.81 bits per heavy atom. The van der Waals surface area contributed by atoms with Gasteiger partial charge in [-0.1, -0.05) is 25.5 Å². The van der Waals surface area contributed by atoms with Gasteiger partial charge in [-0.15, -0.1) is 0 Å². The minimum atomic E-state index is 0.135. The SMILES string of the molecule is CCC(CN)CC(=O)c1cccc(OC)c1. The van der Waals surface area contributed by atoms with Gasteiger partial charge in [0.25, 0.3) is 0 Å². The number of rotatable bonds is 6. The molecule has 1 aromatic carbocycles. The molecule has 1 unspecified atom stereocenters. The van der Waals surface area contributed by atoms with Crippen LogP contribution in [0.2, 0.25) is 0 Å². The molecule has 3 heteroatoms. The summed E-state index contributed by atoms with van der Waals surface area (Å²) in [5.41, 5.74) is 6.29. The number of hydrogen-bond donors (Lipinski definition) is 1. The normalized spacial score (nSPS) is 12.2. The van der Waals surface area contributed by atoms with Crippen molar-refractivity contribution in [2.24, 2.45) is 11.7 Å². The molecule has 3 nitrogen and oxygen atoms in total. The molecule has 0 heterocycles. The first kappa shape index (κ1) is 12.7. The number of Topliss-reactive ketones (excluding diaryl/α,β-unsaturated/α-hetero) is 1. The van der Waals surface area contributed by atoms with E-state index in [2.05, 4.69) is 6.92 Å². The molecule has 0 aliphatic carbocycles. The molecule has 16 heavy (non-hydrogen) atoms. The van der Waals surface area contributed by atoms with Crippen LogP contribution in [0.15, 0.2) is 24.3 Å². The predicted molar refractivity (Wildman–Crippen MR) is 64.8 cm³/mol. The van der Waals surface area contributed by atoms with Gasteiger partial charge in [-0.25, -0.2) is 0 Å². The highest BCUT2D eigenvalue weighted by Gasteiger charge is 2.12. The van der Waals surface area contributed by atoms with Crippen LogP contribution in [-0.4, -0.2) is 19.4 Å². The molecule has 1 aromatic rings. The van der Waals surface area contributed by atoms with E-state index in [1.165, 1.54) is 0 Å². The molecule has 0 bridgehead atoms.